The van der Waals surface area contributed by atoms with Gasteiger partial charge in [-0.1, -0.05) is 18.2 Å². The van der Waals surface area contributed by atoms with Gasteiger partial charge in [0.1, 0.15) is 17.8 Å². The number of esters is 1. The third kappa shape index (κ3) is 4.34. The first-order valence-corrected chi connectivity index (χ1v) is 9.35. The molecule has 2 heterocycles. The van der Waals surface area contributed by atoms with Gasteiger partial charge in [-0.3, -0.25) is 19.0 Å². The minimum absolute atomic E-state index is 0.0407. The Kier molecular flexibility index (Phi) is 6.06. The van der Waals surface area contributed by atoms with E-state index in [2.05, 4.69) is 15.4 Å². The zero-order valence-electron chi connectivity index (χ0n) is 16.6. The van der Waals surface area contributed by atoms with E-state index >= 15 is 0 Å². The van der Waals surface area contributed by atoms with E-state index in [0.717, 1.165) is 5.69 Å². The Hall–Kier alpha value is -3.49. The summed E-state index contributed by atoms with van der Waals surface area (Å²) in [5, 5.41) is 7.01. The molecule has 1 aromatic carbocycles. The first-order chi connectivity index (χ1) is 13.9. The highest BCUT2D eigenvalue weighted by Gasteiger charge is 2.18. The fourth-order valence-corrected chi connectivity index (χ4v) is 3.03. The Morgan fingerprint density at radius 1 is 1.21 bits per heavy atom. The number of ether oxygens (including phenoxy) is 1. The zero-order chi connectivity index (χ0) is 21.0. The van der Waals surface area contributed by atoms with E-state index in [-0.39, 0.29) is 43.2 Å². The van der Waals surface area contributed by atoms with Crippen LogP contribution < -0.4 is 10.9 Å². The molecule has 9 nitrogen and oxygen atoms in total. The number of para-hydroxylation sites is 1. The molecule has 0 spiro atoms. The van der Waals surface area contributed by atoms with Crippen LogP contribution in [-0.4, -0.2) is 44.4 Å². The second-order valence-corrected chi connectivity index (χ2v) is 6.51. The Balaban J connectivity index is 1.83. The Labute approximate surface area is 167 Å². The van der Waals surface area contributed by atoms with Crippen LogP contribution in [0.15, 0.2) is 35.1 Å². The molecule has 1 N–H and O–H groups in total. The van der Waals surface area contributed by atoms with Crippen LogP contribution in [0, 0.1) is 6.92 Å². The highest BCUT2D eigenvalue weighted by atomic mass is 16.5. The van der Waals surface area contributed by atoms with Crippen LogP contribution in [0.3, 0.4) is 0 Å². The molecule has 0 aliphatic heterocycles. The molecule has 0 bridgehead atoms. The van der Waals surface area contributed by atoms with Gasteiger partial charge in [-0.05, 0) is 26.0 Å². The summed E-state index contributed by atoms with van der Waals surface area (Å²) in [7, 11) is 1.66. The van der Waals surface area contributed by atoms with Crippen molar-refractivity contribution in [3.63, 3.8) is 0 Å². The maximum atomic E-state index is 12.8. The molecule has 0 unspecified atom stereocenters. The topological polar surface area (TPSA) is 108 Å². The number of nitrogens with zero attached hydrogens (tertiary/aromatic N) is 4. The summed E-state index contributed by atoms with van der Waals surface area (Å²) in [6.45, 7) is 3.58. The lowest BCUT2D eigenvalue weighted by Crippen LogP contribution is -2.31. The monoisotopic (exact) mass is 397 g/mol. The molecule has 1 amide bonds. The van der Waals surface area contributed by atoms with Crippen molar-refractivity contribution >= 4 is 23.0 Å². The van der Waals surface area contributed by atoms with Crippen LogP contribution in [0.2, 0.25) is 0 Å². The van der Waals surface area contributed by atoms with Crippen molar-refractivity contribution in [3.8, 4) is 5.69 Å². The molecule has 0 aliphatic carbocycles. The normalized spacial score (nSPS) is 10.9. The maximum absolute atomic E-state index is 12.8. The molecule has 3 aromatic rings. The van der Waals surface area contributed by atoms with Gasteiger partial charge in [-0.2, -0.15) is 5.10 Å². The summed E-state index contributed by atoms with van der Waals surface area (Å²) >= 11 is 0. The lowest BCUT2D eigenvalue weighted by Gasteiger charge is -2.09. The minimum Gasteiger partial charge on any atom is -0.465 e. The van der Waals surface area contributed by atoms with E-state index in [1.807, 2.05) is 37.3 Å². The van der Waals surface area contributed by atoms with Gasteiger partial charge in [-0.25, -0.2) is 9.67 Å². The lowest BCUT2D eigenvalue weighted by molar-refractivity contribution is -0.143. The second kappa shape index (κ2) is 8.68. The van der Waals surface area contributed by atoms with Gasteiger partial charge in [0, 0.05) is 19.9 Å². The SMILES string of the molecule is CCOC(=O)CNC(=O)CCc1nc2c(C)nn(-c3ccccc3)c2n(C)c1=O. The summed E-state index contributed by atoms with van der Waals surface area (Å²) in [6.07, 6.45) is 0.201. The largest absolute Gasteiger partial charge is 0.465 e. The number of fused-ring (bicyclic) bond motifs is 1. The van der Waals surface area contributed by atoms with Crippen LogP contribution in [-0.2, 0) is 27.8 Å². The standard InChI is InChI=1S/C20H23N5O4/c1-4-29-17(27)12-21-16(26)11-10-15-20(28)24(3)19-18(22-15)13(2)23-25(19)14-8-6-5-7-9-14/h5-9H,4,10-12H2,1-3H3,(H,21,26). The number of carbonyl (C=O) groups is 2. The number of hydrogen-bond acceptors (Lipinski definition) is 6. The van der Waals surface area contributed by atoms with Crippen LogP contribution in [0.5, 0.6) is 0 Å². The van der Waals surface area contributed by atoms with E-state index in [1.165, 1.54) is 4.57 Å². The molecule has 0 fully saturated rings. The smallest absolute Gasteiger partial charge is 0.325 e. The number of amides is 1. The molecular formula is C20H23N5O4. The Morgan fingerprint density at radius 2 is 1.93 bits per heavy atom. The van der Waals surface area contributed by atoms with E-state index in [0.29, 0.717) is 16.9 Å². The zero-order valence-corrected chi connectivity index (χ0v) is 16.6. The number of aryl methyl sites for hydroxylation is 3. The number of nitrogens with one attached hydrogen (secondary N) is 1. The predicted octanol–water partition coefficient (Wildman–Crippen LogP) is 1.04. The van der Waals surface area contributed by atoms with Gasteiger partial charge < -0.3 is 10.1 Å². The third-order valence-electron chi connectivity index (χ3n) is 4.45. The van der Waals surface area contributed by atoms with Crippen molar-refractivity contribution in [1.29, 1.82) is 0 Å². The summed E-state index contributed by atoms with van der Waals surface area (Å²) < 4.78 is 7.95. The van der Waals surface area contributed by atoms with E-state index in [1.54, 1.807) is 18.7 Å². The summed E-state index contributed by atoms with van der Waals surface area (Å²) in [5.41, 5.74) is 2.71. The van der Waals surface area contributed by atoms with Gasteiger partial charge in [0.05, 0.1) is 18.0 Å². The van der Waals surface area contributed by atoms with Crippen molar-refractivity contribution in [1.82, 2.24) is 24.6 Å². The van der Waals surface area contributed by atoms with E-state index in [4.69, 9.17) is 4.74 Å². The van der Waals surface area contributed by atoms with Crippen molar-refractivity contribution < 1.29 is 14.3 Å². The van der Waals surface area contributed by atoms with Crippen LogP contribution in [0.1, 0.15) is 24.7 Å². The van der Waals surface area contributed by atoms with E-state index < -0.39 is 5.97 Å². The fourth-order valence-electron chi connectivity index (χ4n) is 3.03. The summed E-state index contributed by atoms with van der Waals surface area (Å²) in [4.78, 5) is 40.6. The average Bonchev–Trinajstić information content (AvgIpc) is 3.05. The fraction of sp³-hybridized carbons (Fsp3) is 0.350. The van der Waals surface area contributed by atoms with Crippen molar-refractivity contribution in [2.24, 2.45) is 7.05 Å². The quantitative estimate of drug-likeness (QED) is 0.597. The molecule has 0 saturated carbocycles. The van der Waals surface area contributed by atoms with Crippen LogP contribution in [0.25, 0.3) is 16.9 Å². The molecule has 29 heavy (non-hydrogen) atoms. The highest BCUT2D eigenvalue weighted by Crippen LogP contribution is 2.19. The van der Waals surface area contributed by atoms with Gasteiger partial charge >= 0.3 is 5.97 Å². The predicted molar refractivity (Wildman–Crippen MR) is 107 cm³/mol. The maximum Gasteiger partial charge on any atom is 0.325 e. The molecule has 0 aliphatic rings. The van der Waals surface area contributed by atoms with Crippen molar-refractivity contribution in [2.75, 3.05) is 13.2 Å². The van der Waals surface area contributed by atoms with Crippen molar-refractivity contribution in [2.45, 2.75) is 26.7 Å². The summed E-state index contributed by atoms with van der Waals surface area (Å²) in [6, 6.07) is 9.50. The first kappa shape index (κ1) is 20.2. The number of carbonyl (C=O) groups excluding carboxylic acids is 2. The van der Waals surface area contributed by atoms with Crippen LogP contribution >= 0.6 is 0 Å². The number of aromatic nitrogens is 4. The Morgan fingerprint density at radius 3 is 2.62 bits per heavy atom. The highest BCUT2D eigenvalue weighted by molar-refractivity contribution is 5.82. The van der Waals surface area contributed by atoms with Gasteiger partial charge in [0.15, 0.2) is 5.65 Å². The summed E-state index contributed by atoms with van der Waals surface area (Å²) in [5.74, 6) is -0.848. The molecular weight excluding hydrogens is 374 g/mol. The number of rotatable bonds is 7. The van der Waals surface area contributed by atoms with E-state index in [9.17, 15) is 14.4 Å². The molecule has 3 rings (SSSR count). The molecule has 0 saturated heterocycles. The molecule has 2 aromatic heterocycles. The number of hydrogen-bond donors (Lipinski definition) is 1. The van der Waals surface area contributed by atoms with Gasteiger partial charge in [0.25, 0.3) is 5.56 Å². The third-order valence-corrected chi connectivity index (χ3v) is 4.45. The van der Waals surface area contributed by atoms with Gasteiger partial charge in [0.2, 0.25) is 5.91 Å². The molecule has 152 valence electrons. The first-order valence-electron chi connectivity index (χ1n) is 9.35. The van der Waals surface area contributed by atoms with Gasteiger partial charge in [-0.15, -0.1) is 0 Å². The average molecular weight is 397 g/mol. The molecule has 0 atom stereocenters. The molecule has 9 heteroatoms. The number of benzene rings is 1. The second-order valence-electron chi connectivity index (χ2n) is 6.51. The van der Waals surface area contributed by atoms with Crippen molar-refractivity contribution in [3.05, 3.63) is 52.1 Å². The van der Waals surface area contributed by atoms with Crippen LogP contribution in [0.4, 0.5) is 0 Å². The lowest BCUT2D eigenvalue weighted by atomic mass is 10.2. The Bertz CT molecular complexity index is 1100. The molecule has 0 radical (unpaired) electrons. The minimum atomic E-state index is -0.500.